The van der Waals surface area contributed by atoms with Crippen molar-refractivity contribution in [1.82, 2.24) is 14.3 Å². The lowest BCUT2D eigenvalue weighted by Gasteiger charge is -2.14. The third-order valence-corrected chi connectivity index (χ3v) is 4.26. The zero-order valence-electron chi connectivity index (χ0n) is 9.49. The molecule has 1 aromatic carbocycles. The second-order valence-corrected chi connectivity index (χ2v) is 5.78. The van der Waals surface area contributed by atoms with Crippen molar-refractivity contribution in [2.75, 3.05) is 13.6 Å². The largest absolute Gasteiger partial charge is 0.480 e. The van der Waals surface area contributed by atoms with E-state index >= 15 is 0 Å². The molecule has 0 aliphatic heterocycles. The molecule has 0 fully saturated rings. The van der Waals surface area contributed by atoms with Crippen LogP contribution in [0, 0.1) is 0 Å². The number of likely N-dealkylation sites (N-methyl/N-ethyl adjacent to an activating group) is 1. The fourth-order valence-electron chi connectivity index (χ4n) is 1.53. The van der Waals surface area contributed by atoms with Crippen molar-refractivity contribution in [3.63, 3.8) is 0 Å². The standard InChI is InChI=1S/C10H11N3O4S/c1-13(5-10(14)15)18(16,17)7-2-3-8-9(4-7)12-6-11-8/h2-4,6H,5H2,1H3,(H,11,12)(H,14,15). The first-order valence-electron chi connectivity index (χ1n) is 5.02. The number of rotatable bonds is 4. The van der Waals surface area contributed by atoms with Gasteiger partial charge in [0.25, 0.3) is 0 Å². The molecule has 7 nitrogen and oxygen atoms in total. The maximum absolute atomic E-state index is 12.1. The molecule has 0 saturated heterocycles. The van der Waals surface area contributed by atoms with Crippen LogP contribution in [0.3, 0.4) is 0 Å². The van der Waals surface area contributed by atoms with Gasteiger partial charge in [0.2, 0.25) is 10.0 Å². The number of imidazole rings is 1. The summed E-state index contributed by atoms with van der Waals surface area (Å²) in [6, 6.07) is 4.39. The number of nitrogens with zero attached hydrogens (tertiary/aromatic N) is 2. The Morgan fingerprint density at radius 2 is 2.22 bits per heavy atom. The molecule has 8 heteroatoms. The number of aromatic nitrogens is 2. The van der Waals surface area contributed by atoms with Crippen LogP contribution in [-0.2, 0) is 14.8 Å². The molecule has 0 unspecified atom stereocenters. The summed E-state index contributed by atoms with van der Waals surface area (Å²) in [6.45, 7) is -0.580. The maximum atomic E-state index is 12.1. The van der Waals surface area contributed by atoms with Crippen LogP contribution in [0.25, 0.3) is 11.0 Å². The summed E-state index contributed by atoms with van der Waals surface area (Å²) in [5.74, 6) is -1.20. The number of hydrogen-bond acceptors (Lipinski definition) is 4. The van der Waals surface area contributed by atoms with Gasteiger partial charge < -0.3 is 10.1 Å². The van der Waals surface area contributed by atoms with Crippen molar-refractivity contribution < 1.29 is 18.3 Å². The van der Waals surface area contributed by atoms with Crippen LogP contribution in [0.1, 0.15) is 0 Å². The number of carbonyl (C=O) groups is 1. The zero-order chi connectivity index (χ0) is 13.3. The Morgan fingerprint density at radius 3 is 2.89 bits per heavy atom. The van der Waals surface area contributed by atoms with Crippen molar-refractivity contribution in [3.05, 3.63) is 24.5 Å². The quantitative estimate of drug-likeness (QED) is 0.829. The van der Waals surface area contributed by atoms with E-state index < -0.39 is 22.5 Å². The Bertz CT molecular complexity index is 692. The molecule has 0 amide bonds. The van der Waals surface area contributed by atoms with Gasteiger partial charge in [-0.15, -0.1) is 0 Å². The highest BCUT2D eigenvalue weighted by molar-refractivity contribution is 7.89. The van der Waals surface area contributed by atoms with Crippen LogP contribution in [0.15, 0.2) is 29.4 Å². The van der Waals surface area contributed by atoms with E-state index in [-0.39, 0.29) is 4.90 Å². The van der Waals surface area contributed by atoms with Gasteiger partial charge in [-0.1, -0.05) is 0 Å². The van der Waals surface area contributed by atoms with Crippen LogP contribution in [0.5, 0.6) is 0 Å². The average Bonchev–Trinajstić information content (AvgIpc) is 2.74. The number of aromatic amines is 1. The molecule has 2 N–H and O–H groups in total. The minimum absolute atomic E-state index is 0.0306. The second-order valence-electron chi connectivity index (χ2n) is 3.74. The van der Waals surface area contributed by atoms with E-state index in [1.54, 1.807) is 6.07 Å². The van der Waals surface area contributed by atoms with Crippen molar-refractivity contribution >= 4 is 27.0 Å². The number of H-pyrrole nitrogens is 1. The van der Waals surface area contributed by atoms with E-state index in [2.05, 4.69) is 9.97 Å². The summed E-state index contributed by atoms with van der Waals surface area (Å²) < 4.78 is 24.9. The van der Waals surface area contributed by atoms with E-state index in [0.29, 0.717) is 11.0 Å². The highest BCUT2D eigenvalue weighted by Crippen LogP contribution is 2.18. The first-order valence-corrected chi connectivity index (χ1v) is 6.46. The molecule has 0 atom stereocenters. The molecular formula is C10H11N3O4S. The Kier molecular flexibility index (Phi) is 3.05. The fourth-order valence-corrected chi connectivity index (χ4v) is 2.68. The van der Waals surface area contributed by atoms with Gasteiger partial charge in [0.05, 0.1) is 22.3 Å². The van der Waals surface area contributed by atoms with Gasteiger partial charge in [0.1, 0.15) is 6.54 Å². The topological polar surface area (TPSA) is 103 Å². The van der Waals surface area contributed by atoms with Gasteiger partial charge >= 0.3 is 5.97 Å². The smallest absolute Gasteiger partial charge is 0.318 e. The maximum Gasteiger partial charge on any atom is 0.318 e. The van der Waals surface area contributed by atoms with E-state index in [1.165, 1.54) is 25.5 Å². The molecule has 96 valence electrons. The lowest BCUT2D eigenvalue weighted by atomic mass is 10.3. The number of hydrogen-bond donors (Lipinski definition) is 2. The third-order valence-electron chi connectivity index (χ3n) is 2.46. The zero-order valence-corrected chi connectivity index (χ0v) is 10.3. The molecule has 0 spiro atoms. The molecule has 1 heterocycles. The number of benzene rings is 1. The van der Waals surface area contributed by atoms with E-state index in [4.69, 9.17) is 5.11 Å². The van der Waals surface area contributed by atoms with Crippen LogP contribution < -0.4 is 0 Å². The lowest BCUT2D eigenvalue weighted by Crippen LogP contribution is -2.32. The van der Waals surface area contributed by atoms with Gasteiger partial charge in [-0.2, -0.15) is 4.31 Å². The van der Waals surface area contributed by atoms with Crippen LogP contribution in [0.4, 0.5) is 0 Å². The predicted molar refractivity (Wildman–Crippen MR) is 63.5 cm³/mol. The lowest BCUT2D eigenvalue weighted by molar-refractivity contribution is -0.137. The highest BCUT2D eigenvalue weighted by atomic mass is 32.2. The predicted octanol–water partition coefficient (Wildman–Crippen LogP) is 0.268. The molecule has 18 heavy (non-hydrogen) atoms. The Balaban J connectivity index is 2.42. The summed E-state index contributed by atoms with van der Waals surface area (Å²) in [6.07, 6.45) is 1.46. The Hall–Kier alpha value is -1.93. The molecule has 0 radical (unpaired) electrons. The SMILES string of the molecule is CN(CC(=O)O)S(=O)(=O)c1ccc2nc[nH]c2c1. The van der Waals surface area contributed by atoms with Crippen molar-refractivity contribution in [2.45, 2.75) is 4.90 Å². The number of nitrogens with one attached hydrogen (secondary N) is 1. The van der Waals surface area contributed by atoms with Crippen molar-refractivity contribution in [1.29, 1.82) is 0 Å². The van der Waals surface area contributed by atoms with Crippen LogP contribution in [0.2, 0.25) is 0 Å². The summed E-state index contributed by atoms with van der Waals surface area (Å²) in [4.78, 5) is 17.3. The molecular weight excluding hydrogens is 258 g/mol. The Labute approximate surface area is 103 Å². The first-order chi connectivity index (χ1) is 8.41. The minimum Gasteiger partial charge on any atom is -0.480 e. The first kappa shape index (κ1) is 12.5. The van der Waals surface area contributed by atoms with E-state index in [9.17, 15) is 13.2 Å². The number of sulfonamides is 1. The van der Waals surface area contributed by atoms with Gasteiger partial charge in [-0.25, -0.2) is 13.4 Å². The summed E-state index contributed by atoms with van der Waals surface area (Å²) in [5.41, 5.74) is 1.23. The molecule has 0 bridgehead atoms. The molecule has 0 saturated carbocycles. The summed E-state index contributed by atoms with van der Waals surface area (Å²) in [7, 11) is -2.58. The van der Waals surface area contributed by atoms with Gasteiger partial charge in [-0.05, 0) is 18.2 Å². The van der Waals surface area contributed by atoms with Crippen molar-refractivity contribution in [2.24, 2.45) is 0 Å². The summed E-state index contributed by atoms with van der Waals surface area (Å²) >= 11 is 0. The van der Waals surface area contributed by atoms with Crippen LogP contribution >= 0.6 is 0 Å². The van der Waals surface area contributed by atoms with Gasteiger partial charge in [0.15, 0.2) is 0 Å². The number of carboxylic acid groups (broad SMARTS) is 1. The average molecular weight is 269 g/mol. The number of fused-ring (bicyclic) bond motifs is 1. The summed E-state index contributed by atoms with van der Waals surface area (Å²) in [5, 5.41) is 8.61. The Morgan fingerprint density at radius 1 is 1.50 bits per heavy atom. The monoisotopic (exact) mass is 269 g/mol. The highest BCUT2D eigenvalue weighted by Gasteiger charge is 2.23. The molecule has 0 aliphatic carbocycles. The van der Waals surface area contributed by atoms with Gasteiger partial charge in [0, 0.05) is 7.05 Å². The van der Waals surface area contributed by atoms with Crippen LogP contribution in [-0.4, -0.2) is 47.4 Å². The molecule has 0 aliphatic rings. The van der Waals surface area contributed by atoms with Gasteiger partial charge in [-0.3, -0.25) is 4.79 Å². The van der Waals surface area contributed by atoms with E-state index in [1.807, 2.05) is 0 Å². The number of aliphatic carboxylic acids is 1. The fraction of sp³-hybridized carbons (Fsp3) is 0.200. The molecule has 2 aromatic rings. The third kappa shape index (κ3) is 2.20. The second kappa shape index (κ2) is 4.39. The minimum atomic E-state index is -3.80. The number of carboxylic acids is 1. The molecule has 2 rings (SSSR count). The van der Waals surface area contributed by atoms with E-state index in [0.717, 1.165) is 4.31 Å². The molecule has 1 aromatic heterocycles. The van der Waals surface area contributed by atoms with Crippen molar-refractivity contribution in [3.8, 4) is 0 Å². The normalized spacial score (nSPS) is 12.1.